The van der Waals surface area contributed by atoms with Crippen LogP contribution in [0.15, 0.2) is 77.4 Å². The molecule has 3 aliphatic rings. The van der Waals surface area contributed by atoms with Crippen LogP contribution in [-0.2, 0) is 14.4 Å². The predicted molar refractivity (Wildman–Crippen MR) is 252 cm³/mol. The van der Waals surface area contributed by atoms with E-state index in [0.29, 0.717) is 35.1 Å². The van der Waals surface area contributed by atoms with Crippen molar-refractivity contribution in [3.05, 3.63) is 99.7 Å². The molecule has 3 aromatic rings. The number of hydrogen-bond acceptors (Lipinski definition) is 10. The SMILES string of the molecule is CC1=C(c2ccc([C@@H](C)CC(=O)[C@@H]3C[C@@H](O)CN3C(=O)[C@@H](NOCCCCNc3ccc(C(=O)NC4C(C)(C)C(Oc5ccc(C#N)c(Cl)c5)C4(C)C)cc3)C(C)(C)C)cc2)CC=N1. The van der Waals surface area contributed by atoms with Crippen LogP contribution in [0.3, 0.4) is 0 Å². The Morgan fingerprint density at radius 2 is 1.70 bits per heavy atom. The van der Waals surface area contributed by atoms with Crippen LogP contribution in [0.2, 0.25) is 5.02 Å². The van der Waals surface area contributed by atoms with E-state index in [-0.39, 0.29) is 65.9 Å². The first-order chi connectivity index (χ1) is 30.2. The van der Waals surface area contributed by atoms with Gasteiger partial charge in [0.1, 0.15) is 24.0 Å². The normalized spacial score (nSPS) is 22.1. The number of β-amino-alcohol motifs (C(OH)–C–C–N with tert-alkyl or cyclic N) is 1. The minimum absolute atomic E-state index is 0.0515. The number of hydroxylamine groups is 1. The molecule has 0 unspecified atom stereocenters. The maximum atomic E-state index is 14.1. The first-order valence-corrected chi connectivity index (χ1v) is 22.8. The van der Waals surface area contributed by atoms with Gasteiger partial charge >= 0.3 is 0 Å². The van der Waals surface area contributed by atoms with E-state index in [1.807, 2.05) is 65.1 Å². The molecule has 1 saturated heterocycles. The molecule has 2 fully saturated rings. The molecule has 4 atom stereocenters. The number of nitriles is 1. The molecule has 2 aliphatic heterocycles. The second-order valence-corrected chi connectivity index (χ2v) is 20.4. The highest BCUT2D eigenvalue weighted by atomic mass is 35.5. The average molecular weight is 894 g/mol. The third-order valence-electron chi connectivity index (χ3n) is 13.2. The zero-order chi connectivity index (χ0) is 46.6. The molecule has 1 aliphatic carbocycles. The quantitative estimate of drug-likeness (QED) is 0.0721. The Morgan fingerprint density at radius 1 is 1.02 bits per heavy atom. The largest absolute Gasteiger partial charge is 0.489 e. The number of aliphatic hydroxyl groups is 1. The van der Waals surface area contributed by atoms with Gasteiger partial charge in [-0.05, 0) is 84.2 Å². The molecule has 2 heterocycles. The third kappa shape index (κ3) is 10.9. The number of anilines is 1. The van der Waals surface area contributed by atoms with E-state index in [4.69, 9.17) is 21.2 Å². The summed E-state index contributed by atoms with van der Waals surface area (Å²) in [6.45, 7) is 19.3. The van der Waals surface area contributed by atoms with Gasteiger partial charge in [-0.15, -0.1) is 0 Å². The van der Waals surface area contributed by atoms with Crippen LogP contribution in [0.5, 0.6) is 5.75 Å². The highest BCUT2D eigenvalue weighted by molar-refractivity contribution is 6.31. The van der Waals surface area contributed by atoms with Crippen molar-refractivity contribution < 1.29 is 29.1 Å². The van der Waals surface area contributed by atoms with Gasteiger partial charge in [-0.2, -0.15) is 10.7 Å². The number of likely N-dealkylation sites (tertiary alicyclic amines) is 1. The fourth-order valence-corrected chi connectivity index (χ4v) is 9.96. The molecule has 0 radical (unpaired) electrons. The average Bonchev–Trinajstić information content (AvgIpc) is 3.87. The van der Waals surface area contributed by atoms with Crippen molar-refractivity contribution in [1.82, 2.24) is 15.7 Å². The molecule has 3 aromatic carbocycles. The van der Waals surface area contributed by atoms with Gasteiger partial charge < -0.3 is 30.2 Å². The van der Waals surface area contributed by atoms with Gasteiger partial charge in [0, 0.05) is 78.5 Å². The molecule has 0 aromatic heterocycles. The molecule has 1 saturated carbocycles. The lowest BCUT2D eigenvalue weighted by molar-refractivity contribution is -0.164. The number of amides is 2. The monoisotopic (exact) mass is 892 g/mol. The number of allylic oxidation sites excluding steroid dienone is 2. The summed E-state index contributed by atoms with van der Waals surface area (Å²) in [4.78, 5) is 53.0. The molecular weight excluding hydrogens is 828 g/mol. The molecule has 6 rings (SSSR count). The van der Waals surface area contributed by atoms with E-state index < -0.39 is 23.6 Å². The number of rotatable bonds is 18. The Bertz CT molecular complexity index is 2260. The van der Waals surface area contributed by atoms with E-state index in [2.05, 4.69) is 79.1 Å². The number of Topliss-reactive ketones (excluding diaryl/α,β-unsaturated/α-hetero) is 1. The smallest absolute Gasteiger partial charge is 0.251 e. The Hall–Kier alpha value is -5.06. The second-order valence-electron chi connectivity index (χ2n) is 19.9. The number of carbonyl (C=O) groups excluding carboxylic acids is 3. The summed E-state index contributed by atoms with van der Waals surface area (Å²) in [6.07, 6.45) is 3.76. The van der Waals surface area contributed by atoms with Crippen molar-refractivity contribution in [2.45, 2.75) is 131 Å². The third-order valence-corrected chi connectivity index (χ3v) is 13.5. The van der Waals surface area contributed by atoms with Crippen LogP contribution in [0, 0.1) is 27.6 Å². The van der Waals surface area contributed by atoms with Gasteiger partial charge in [-0.3, -0.25) is 19.4 Å². The molecular formula is C51H65ClN6O6. The molecule has 13 heteroatoms. The number of nitrogens with one attached hydrogen (secondary N) is 3. The van der Waals surface area contributed by atoms with Crippen LogP contribution in [0.4, 0.5) is 5.69 Å². The lowest BCUT2D eigenvalue weighted by atomic mass is 9.49. The van der Waals surface area contributed by atoms with Gasteiger partial charge in [-0.25, -0.2) is 0 Å². The molecule has 4 N–H and O–H groups in total. The molecule has 12 nitrogen and oxygen atoms in total. The summed E-state index contributed by atoms with van der Waals surface area (Å²) >= 11 is 6.24. The Labute approximate surface area is 383 Å². The number of nitrogens with zero attached hydrogens (tertiary/aromatic N) is 3. The van der Waals surface area contributed by atoms with Crippen molar-refractivity contribution in [3.8, 4) is 11.8 Å². The minimum Gasteiger partial charge on any atom is -0.489 e. The van der Waals surface area contributed by atoms with E-state index in [0.717, 1.165) is 41.8 Å². The van der Waals surface area contributed by atoms with Crippen LogP contribution in [0.1, 0.15) is 127 Å². The van der Waals surface area contributed by atoms with E-state index >= 15 is 0 Å². The number of aliphatic imine (C=N–C) groups is 1. The van der Waals surface area contributed by atoms with Gasteiger partial charge in [0.05, 0.1) is 29.3 Å². The maximum Gasteiger partial charge on any atom is 0.251 e. The zero-order valence-electron chi connectivity index (χ0n) is 38.8. The van der Waals surface area contributed by atoms with Crippen molar-refractivity contribution in [2.24, 2.45) is 21.2 Å². The highest BCUT2D eigenvalue weighted by Gasteiger charge is 2.64. The Balaban J connectivity index is 0.925. The number of halogens is 1. The van der Waals surface area contributed by atoms with Gasteiger partial charge in [0.15, 0.2) is 5.78 Å². The van der Waals surface area contributed by atoms with Crippen molar-refractivity contribution >= 4 is 46.7 Å². The number of unbranched alkanes of at least 4 members (excludes halogenated alkanes) is 1. The predicted octanol–water partition coefficient (Wildman–Crippen LogP) is 8.88. The lowest BCUT2D eigenvalue weighted by Gasteiger charge is -2.63. The summed E-state index contributed by atoms with van der Waals surface area (Å²) in [7, 11) is 0. The van der Waals surface area contributed by atoms with E-state index in [1.54, 1.807) is 23.1 Å². The van der Waals surface area contributed by atoms with Crippen molar-refractivity contribution in [1.29, 1.82) is 5.26 Å². The highest BCUT2D eigenvalue weighted by Crippen LogP contribution is 2.55. The van der Waals surface area contributed by atoms with Crippen molar-refractivity contribution in [2.75, 3.05) is 25.0 Å². The molecule has 2 amide bonds. The molecule has 342 valence electrons. The topological polar surface area (TPSA) is 165 Å². The van der Waals surface area contributed by atoms with E-state index in [1.165, 1.54) is 5.57 Å². The molecule has 64 heavy (non-hydrogen) atoms. The van der Waals surface area contributed by atoms with Crippen LogP contribution in [-0.4, -0.2) is 83.8 Å². The number of benzene rings is 3. The maximum absolute atomic E-state index is 14.1. The summed E-state index contributed by atoms with van der Waals surface area (Å²) < 4.78 is 6.36. The fraction of sp³-hybridized carbons (Fsp3) is 0.510. The van der Waals surface area contributed by atoms with Crippen LogP contribution in [0.25, 0.3) is 5.57 Å². The number of hydrogen-bond donors (Lipinski definition) is 4. The fourth-order valence-electron chi connectivity index (χ4n) is 9.74. The first kappa shape index (κ1) is 48.4. The lowest BCUT2D eigenvalue weighted by Crippen LogP contribution is -2.74. The van der Waals surface area contributed by atoms with Crippen LogP contribution >= 0.6 is 11.6 Å². The molecule has 0 bridgehead atoms. The number of aliphatic hydroxyl groups excluding tert-OH is 1. The minimum atomic E-state index is -0.773. The number of carbonyl (C=O) groups is 3. The van der Waals surface area contributed by atoms with Gasteiger partial charge in [0.25, 0.3) is 5.91 Å². The van der Waals surface area contributed by atoms with Crippen molar-refractivity contribution in [3.63, 3.8) is 0 Å². The summed E-state index contributed by atoms with van der Waals surface area (Å²) in [5.74, 6) is 0.0553. The van der Waals surface area contributed by atoms with E-state index in [9.17, 15) is 24.8 Å². The Morgan fingerprint density at radius 3 is 2.31 bits per heavy atom. The number of ketones is 1. The van der Waals surface area contributed by atoms with Gasteiger partial charge in [-0.1, -0.05) is 91.3 Å². The first-order valence-electron chi connectivity index (χ1n) is 22.4. The summed E-state index contributed by atoms with van der Waals surface area (Å²) in [5, 5.41) is 26.9. The summed E-state index contributed by atoms with van der Waals surface area (Å²) in [5.41, 5.74) is 7.99. The van der Waals surface area contributed by atoms with Gasteiger partial charge in [0.2, 0.25) is 5.91 Å². The van der Waals surface area contributed by atoms with Crippen LogP contribution < -0.4 is 20.9 Å². The summed E-state index contributed by atoms with van der Waals surface area (Å²) in [6, 6.07) is 21.2. The standard InChI is InChI=1S/C51H65ClN6O6/c1-31(33-12-14-34(15-13-33)40-22-24-54-32(40)2)26-43(60)42-27-38(59)30-58(42)46(62)44(49(3,4)5)57-63-25-11-10-23-55-37-19-16-35(17-20-37)45(61)56-47-50(6,7)48(51(47,8)9)64-39-21-18-36(29-53)41(52)28-39/h12-21,24,28,31,38,42,44,47-48,55,57,59H,10-11,22-23,25-27,30H2,1-9H3,(H,56,61)/t31-,38+,42-,44+,47?,48?/m0/s1. The molecule has 0 spiro atoms. The zero-order valence-corrected chi connectivity index (χ0v) is 39.5. The Kier molecular flexibility index (Phi) is 15.1. The second kappa shape index (κ2) is 20.0. The number of ether oxygens (including phenoxy) is 1.